The third-order valence-electron chi connectivity index (χ3n) is 2.91. The van der Waals surface area contributed by atoms with Crippen molar-refractivity contribution in [1.82, 2.24) is 5.32 Å². The lowest BCUT2D eigenvalue weighted by atomic mass is 10.0. The summed E-state index contributed by atoms with van der Waals surface area (Å²) in [6, 6.07) is 2.48. The minimum absolute atomic E-state index is 0.110. The summed E-state index contributed by atoms with van der Waals surface area (Å²) in [6.07, 6.45) is -4.80. The molecule has 0 aliphatic heterocycles. The SMILES string of the molecule is OCC(CO)(CO)NCc1ccc(F)c(C(F)(F)F)c1. The quantitative estimate of drug-likeness (QED) is 0.582. The van der Waals surface area contributed by atoms with Crippen molar-refractivity contribution in [1.29, 1.82) is 0 Å². The molecule has 0 spiro atoms. The van der Waals surface area contributed by atoms with Crippen LogP contribution in [0.15, 0.2) is 18.2 Å². The van der Waals surface area contributed by atoms with Gasteiger partial charge in [-0.1, -0.05) is 6.07 Å². The number of hydrogen-bond donors (Lipinski definition) is 4. The molecule has 114 valence electrons. The lowest BCUT2D eigenvalue weighted by Crippen LogP contribution is -2.54. The molecule has 0 heterocycles. The van der Waals surface area contributed by atoms with Crippen molar-refractivity contribution >= 4 is 0 Å². The maximum Gasteiger partial charge on any atom is 0.419 e. The summed E-state index contributed by atoms with van der Waals surface area (Å²) in [5.41, 5.74) is -2.69. The normalized spacial score (nSPS) is 12.8. The molecule has 0 radical (unpaired) electrons. The molecule has 0 aromatic heterocycles. The third kappa shape index (κ3) is 3.89. The average Bonchev–Trinajstić information content (AvgIpc) is 2.41. The van der Waals surface area contributed by atoms with Crippen molar-refractivity contribution in [2.45, 2.75) is 18.3 Å². The molecule has 0 aliphatic rings. The molecule has 0 fully saturated rings. The van der Waals surface area contributed by atoms with E-state index in [2.05, 4.69) is 5.32 Å². The van der Waals surface area contributed by atoms with Crippen LogP contribution in [0.1, 0.15) is 11.1 Å². The van der Waals surface area contributed by atoms with Crippen molar-refractivity contribution in [2.75, 3.05) is 19.8 Å². The zero-order valence-electron chi connectivity index (χ0n) is 10.4. The van der Waals surface area contributed by atoms with Crippen LogP contribution in [0.5, 0.6) is 0 Å². The smallest absolute Gasteiger partial charge is 0.394 e. The number of aliphatic hydroxyl groups excluding tert-OH is 3. The van der Waals surface area contributed by atoms with Crippen molar-refractivity contribution in [3.05, 3.63) is 35.1 Å². The maximum atomic E-state index is 13.1. The number of benzene rings is 1. The topological polar surface area (TPSA) is 72.7 Å². The number of halogens is 4. The van der Waals surface area contributed by atoms with Crippen LogP contribution < -0.4 is 5.32 Å². The summed E-state index contributed by atoms with van der Waals surface area (Å²) in [5.74, 6) is -1.38. The van der Waals surface area contributed by atoms with Gasteiger partial charge in [0.15, 0.2) is 0 Å². The predicted octanol–water partition coefficient (Wildman–Crippen LogP) is 0.650. The highest BCUT2D eigenvalue weighted by molar-refractivity contribution is 5.27. The van der Waals surface area contributed by atoms with E-state index >= 15 is 0 Å². The molecule has 20 heavy (non-hydrogen) atoms. The Morgan fingerprint density at radius 3 is 2.00 bits per heavy atom. The number of nitrogens with one attached hydrogen (secondary N) is 1. The van der Waals surface area contributed by atoms with E-state index in [4.69, 9.17) is 15.3 Å². The van der Waals surface area contributed by atoms with Gasteiger partial charge in [-0.3, -0.25) is 0 Å². The predicted molar refractivity (Wildman–Crippen MR) is 62.2 cm³/mol. The maximum absolute atomic E-state index is 13.1. The zero-order valence-corrected chi connectivity index (χ0v) is 10.4. The van der Waals surface area contributed by atoms with E-state index in [9.17, 15) is 17.6 Å². The minimum atomic E-state index is -4.80. The fourth-order valence-electron chi connectivity index (χ4n) is 1.51. The fourth-order valence-corrected chi connectivity index (χ4v) is 1.51. The van der Waals surface area contributed by atoms with E-state index in [1.165, 1.54) is 0 Å². The van der Waals surface area contributed by atoms with Gasteiger partial charge in [-0.05, 0) is 17.7 Å². The molecule has 0 amide bonds. The first kappa shape index (κ1) is 16.8. The molecule has 1 aromatic carbocycles. The Labute approximate surface area is 112 Å². The van der Waals surface area contributed by atoms with Gasteiger partial charge in [-0.15, -0.1) is 0 Å². The van der Waals surface area contributed by atoms with Gasteiger partial charge in [-0.2, -0.15) is 13.2 Å². The van der Waals surface area contributed by atoms with E-state index in [1.54, 1.807) is 0 Å². The van der Waals surface area contributed by atoms with Crippen LogP contribution in [0.25, 0.3) is 0 Å². The molecule has 0 bridgehead atoms. The summed E-state index contributed by atoms with van der Waals surface area (Å²) >= 11 is 0. The minimum Gasteiger partial charge on any atom is -0.394 e. The van der Waals surface area contributed by atoms with Crippen LogP contribution in [0.2, 0.25) is 0 Å². The van der Waals surface area contributed by atoms with Crippen LogP contribution in [-0.4, -0.2) is 40.7 Å². The summed E-state index contributed by atoms with van der Waals surface area (Å²) in [4.78, 5) is 0. The Hall–Kier alpha value is -1.22. The van der Waals surface area contributed by atoms with Gasteiger partial charge in [-0.25, -0.2) is 4.39 Å². The Balaban J connectivity index is 2.89. The van der Waals surface area contributed by atoms with Crippen LogP contribution in [0, 0.1) is 5.82 Å². The summed E-state index contributed by atoms with van der Waals surface area (Å²) < 4.78 is 50.6. The largest absolute Gasteiger partial charge is 0.419 e. The molecule has 0 aliphatic carbocycles. The number of aliphatic hydroxyl groups is 3. The first-order valence-corrected chi connectivity index (χ1v) is 5.71. The molecule has 0 unspecified atom stereocenters. The van der Waals surface area contributed by atoms with Crippen LogP contribution in [0.4, 0.5) is 17.6 Å². The highest BCUT2D eigenvalue weighted by Crippen LogP contribution is 2.31. The van der Waals surface area contributed by atoms with Crippen LogP contribution >= 0.6 is 0 Å². The first-order valence-electron chi connectivity index (χ1n) is 5.71. The Kier molecular flexibility index (Phi) is 5.46. The first-order chi connectivity index (χ1) is 9.28. The van der Waals surface area contributed by atoms with E-state index in [-0.39, 0.29) is 12.1 Å². The Bertz CT molecular complexity index is 439. The van der Waals surface area contributed by atoms with Gasteiger partial charge in [0, 0.05) is 6.54 Å². The van der Waals surface area contributed by atoms with E-state index in [0.29, 0.717) is 12.1 Å². The van der Waals surface area contributed by atoms with E-state index in [1.807, 2.05) is 0 Å². The van der Waals surface area contributed by atoms with Crippen LogP contribution in [0.3, 0.4) is 0 Å². The van der Waals surface area contributed by atoms with Gasteiger partial charge in [0.1, 0.15) is 5.82 Å². The molecular weight excluding hydrogens is 282 g/mol. The standard InChI is InChI=1S/C12H15F4NO3/c13-10-2-1-8(3-9(10)12(14,15)16)4-17-11(5-18,6-19)7-20/h1-3,17-20H,4-7H2. The second-order valence-corrected chi connectivity index (χ2v) is 4.42. The molecule has 4 N–H and O–H groups in total. The average molecular weight is 297 g/mol. The molecule has 0 atom stereocenters. The van der Waals surface area contributed by atoms with E-state index < -0.39 is 42.9 Å². The van der Waals surface area contributed by atoms with E-state index in [0.717, 1.165) is 6.07 Å². The molecule has 0 saturated heterocycles. The van der Waals surface area contributed by atoms with Crippen molar-refractivity contribution in [2.24, 2.45) is 0 Å². The third-order valence-corrected chi connectivity index (χ3v) is 2.91. The lowest BCUT2D eigenvalue weighted by molar-refractivity contribution is -0.140. The number of rotatable bonds is 6. The van der Waals surface area contributed by atoms with Gasteiger partial charge in [0.2, 0.25) is 0 Å². The lowest BCUT2D eigenvalue weighted by Gasteiger charge is -2.29. The summed E-state index contributed by atoms with van der Waals surface area (Å²) in [5, 5.41) is 29.7. The van der Waals surface area contributed by atoms with Crippen LogP contribution in [-0.2, 0) is 12.7 Å². The number of hydrogen-bond acceptors (Lipinski definition) is 4. The Morgan fingerprint density at radius 1 is 1.00 bits per heavy atom. The van der Waals surface area contributed by atoms with Gasteiger partial charge >= 0.3 is 6.18 Å². The van der Waals surface area contributed by atoms with Crippen molar-refractivity contribution in [3.8, 4) is 0 Å². The highest BCUT2D eigenvalue weighted by Gasteiger charge is 2.34. The Morgan fingerprint density at radius 2 is 1.55 bits per heavy atom. The fraction of sp³-hybridized carbons (Fsp3) is 0.500. The molecule has 4 nitrogen and oxygen atoms in total. The van der Waals surface area contributed by atoms with Gasteiger partial charge < -0.3 is 20.6 Å². The highest BCUT2D eigenvalue weighted by atomic mass is 19.4. The summed E-state index contributed by atoms with van der Waals surface area (Å²) in [6.45, 7) is -1.99. The van der Waals surface area contributed by atoms with Crippen molar-refractivity contribution < 1.29 is 32.9 Å². The zero-order chi connectivity index (χ0) is 15.4. The summed E-state index contributed by atoms with van der Waals surface area (Å²) in [7, 11) is 0. The molecule has 8 heteroatoms. The van der Waals surface area contributed by atoms with Crippen molar-refractivity contribution in [3.63, 3.8) is 0 Å². The molecule has 1 rings (SSSR count). The molecule has 1 aromatic rings. The monoisotopic (exact) mass is 297 g/mol. The van der Waals surface area contributed by atoms with Gasteiger partial charge in [0.05, 0.1) is 30.9 Å². The second-order valence-electron chi connectivity index (χ2n) is 4.42. The second kappa shape index (κ2) is 6.49. The molecule has 0 saturated carbocycles. The molecular formula is C12H15F4NO3. The van der Waals surface area contributed by atoms with Gasteiger partial charge in [0.25, 0.3) is 0 Å². The number of alkyl halides is 3.